The Morgan fingerprint density at radius 3 is 2.70 bits per heavy atom. The van der Waals surface area contributed by atoms with Crippen LogP contribution in [0.2, 0.25) is 5.02 Å². The smallest absolute Gasteiger partial charge is 0.267 e. The van der Waals surface area contributed by atoms with Gasteiger partial charge in [0.2, 0.25) is 0 Å². The minimum absolute atomic E-state index is 0.0429. The number of para-hydroxylation sites is 1. The third-order valence-corrected chi connectivity index (χ3v) is 6.02. The molecule has 164 valence electrons. The molecule has 0 bridgehead atoms. The predicted octanol–water partition coefficient (Wildman–Crippen LogP) is 2.60. The Morgan fingerprint density at radius 2 is 1.94 bits per heavy atom. The number of fused-ring (bicyclic) bond motifs is 1. The average Bonchev–Trinajstić information content (AvgIpc) is 3.20. The van der Waals surface area contributed by atoms with Gasteiger partial charge in [-0.25, -0.2) is 15.0 Å². The summed E-state index contributed by atoms with van der Waals surface area (Å²) >= 11 is 6.37. The molecular weight excluding hydrogens is 442 g/mol. The van der Waals surface area contributed by atoms with Gasteiger partial charge >= 0.3 is 0 Å². The van der Waals surface area contributed by atoms with Crippen molar-refractivity contribution in [2.75, 3.05) is 17.2 Å². The number of aliphatic hydroxyl groups is 1. The fourth-order valence-corrected chi connectivity index (χ4v) is 4.51. The van der Waals surface area contributed by atoms with E-state index in [1.54, 1.807) is 35.2 Å². The summed E-state index contributed by atoms with van der Waals surface area (Å²) in [7, 11) is 0. The van der Waals surface area contributed by atoms with E-state index in [9.17, 15) is 15.2 Å². The maximum atomic E-state index is 13.7. The SMILES string of the molecule is N#Cc1c(N)ncnc1N1C[C@@H](O)C[C@H]1c1nc2cccc(Cl)c2c(=O)n1-c1ccccc1. The van der Waals surface area contributed by atoms with Crippen LogP contribution in [0, 0.1) is 11.3 Å². The summed E-state index contributed by atoms with van der Waals surface area (Å²) in [6.07, 6.45) is 0.819. The zero-order valence-corrected chi connectivity index (χ0v) is 18.0. The Hall–Kier alpha value is -4.00. The summed E-state index contributed by atoms with van der Waals surface area (Å²) in [5.74, 6) is 0.728. The number of hydrogen-bond acceptors (Lipinski definition) is 8. The van der Waals surface area contributed by atoms with Crippen molar-refractivity contribution in [3.63, 3.8) is 0 Å². The van der Waals surface area contributed by atoms with Crippen molar-refractivity contribution in [1.82, 2.24) is 19.5 Å². The fraction of sp³-hybridized carbons (Fsp3) is 0.174. The molecule has 5 rings (SSSR count). The summed E-state index contributed by atoms with van der Waals surface area (Å²) in [5, 5.41) is 20.8. The molecule has 2 atom stereocenters. The van der Waals surface area contributed by atoms with Crippen molar-refractivity contribution < 1.29 is 5.11 Å². The van der Waals surface area contributed by atoms with Crippen molar-refractivity contribution >= 4 is 34.1 Å². The van der Waals surface area contributed by atoms with E-state index >= 15 is 0 Å². The highest BCUT2D eigenvalue weighted by molar-refractivity contribution is 6.35. The van der Waals surface area contributed by atoms with Gasteiger partial charge in [-0.05, 0) is 24.3 Å². The quantitative estimate of drug-likeness (QED) is 0.477. The number of β-amino-alcohol motifs (C(OH)–C–C–N with tert-alkyl or cyclic N) is 1. The third-order valence-electron chi connectivity index (χ3n) is 5.70. The highest BCUT2D eigenvalue weighted by Gasteiger charge is 2.38. The molecule has 1 fully saturated rings. The van der Waals surface area contributed by atoms with Crippen molar-refractivity contribution in [1.29, 1.82) is 5.26 Å². The molecule has 0 spiro atoms. The molecule has 0 radical (unpaired) electrons. The molecular formula is C23H18ClN7O2. The van der Waals surface area contributed by atoms with Crippen LogP contribution in [-0.4, -0.2) is 37.3 Å². The first-order valence-corrected chi connectivity index (χ1v) is 10.6. The fourth-order valence-electron chi connectivity index (χ4n) is 4.26. The molecule has 1 aliphatic heterocycles. The second-order valence-electron chi connectivity index (χ2n) is 7.71. The van der Waals surface area contributed by atoms with Gasteiger partial charge in [-0.2, -0.15) is 5.26 Å². The van der Waals surface area contributed by atoms with E-state index in [-0.39, 0.29) is 35.7 Å². The predicted molar refractivity (Wildman–Crippen MR) is 124 cm³/mol. The number of nitriles is 1. The standard InChI is InChI=1S/C23H18ClN7O2/c24-16-7-4-8-17-19(16)23(33)31(13-5-2-1-3-6-13)22(29-17)18-9-14(32)11-30(18)21-15(10-25)20(26)27-12-28-21/h1-8,12,14,18,32H,9,11H2,(H2,26,27,28)/t14-,18-/m0/s1. The summed E-state index contributed by atoms with van der Waals surface area (Å²) < 4.78 is 1.50. The molecule has 0 amide bonds. The molecule has 2 aromatic carbocycles. The van der Waals surface area contributed by atoms with Gasteiger partial charge in [0, 0.05) is 13.0 Å². The van der Waals surface area contributed by atoms with Gasteiger partial charge < -0.3 is 15.7 Å². The monoisotopic (exact) mass is 459 g/mol. The number of halogens is 1. The number of rotatable bonds is 3. The molecule has 1 saturated heterocycles. The van der Waals surface area contributed by atoms with E-state index in [1.165, 1.54) is 10.9 Å². The van der Waals surface area contributed by atoms with E-state index < -0.39 is 12.1 Å². The summed E-state index contributed by atoms with van der Waals surface area (Å²) in [6, 6.07) is 15.7. The number of nitrogens with zero attached hydrogens (tertiary/aromatic N) is 6. The van der Waals surface area contributed by atoms with Crippen molar-refractivity contribution in [2.24, 2.45) is 0 Å². The largest absolute Gasteiger partial charge is 0.391 e. The molecule has 0 saturated carbocycles. The molecule has 3 heterocycles. The van der Waals surface area contributed by atoms with Crippen molar-refractivity contribution in [2.45, 2.75) is 18.6 Å². The Bertz CT molecular complexity index is 1470. The lowest BCUT2D eigenvalue weighted by atomic mass is 10.1. The van der Waals surface area contributed by atoms with Crippen LogP contribution < -0.4 is 16.2 Å². The molecule has 3 N–H and O–H groups in total. The van der Waals surface area contributed by atoms with Gasteiger partial charge in [0.25, 0.3) is 5.56 Å². The highest BCUT2D eigenvalue weighted by atomic mass is 35.5. The van der Waals surface area contributed by atoms with Gasteiger partial charge in [0.15, 0.2) is 5.82 Å². The zero-order chi connectivity index (χ0) is 23.1. The number of nitrogens with two attached hydrogens (primary N) is 1. The molecule has 33 heavy (non-hydrogen) atoms. The van der Waals surface area contributed by atoms with Crippen molar-refractivity contribution in [3.05, 3.63) is 81.6 Å². The Kier molecular flexibility index (Phi) is 5.17. The normalized spacial score (nSPS) is 17.9. The Labute approximate surface area is 193 Å². The maximum Gasteiger partial charge on any atom is 0.267 e. The number of aliphatic hydroxyl groups excluding tert-OH is 1. The minimum Gasteiger partial charge on any atom is -0.391 e. The molecule has 9 nitrogen and oxygen atoms in total. The summed E-state index contributed by atoms with van der Waals surface area (Å²) in [6.45, 7) is 0.189. The second kappa shape index (κ2) is 8.16. The van der Waals surface area contributed by atoms with E-state index in [4.69, 9.17) is 22.3 Å². The Morgan fingerprint density at radius 1 is 1.15 bits per heavy atom. The minimum atomic E-state index is -0.728. The Balaban J connectivity index is 1.80. The molecule has 2 aromatic heterocycles. The molecule has 1 aliphatic rings. The third kappa shape index (κ3) is 3.46. The van der Waals surface area contributed by atoms with Crippen LogP contribution in [0.3, 0.4) is 0 Å². The summed E-state index contributed by atoms with van der Waals surface area (Å²) in [4.78, 5) is 28.4. The van der Waals surface area contributed by atoms with Crippen LogP contribution in [0.4, 0.5) is 11.6 Å². The van der Waals surface area contributed by atoms with Crippen LogP contribution in [0.25, 0.3) is 16.6 Å². The van der Waals surface area contributed by atoms with Gasteiger partial charge in [-0.1, -0.05) is 35.9 Å². The van der Waals surface area contributed by atoms with E-state index in [1.807, 2.05) is 24.3 Å². The number of nitrogen functional groups attached to an aromatic ring is 1. The lowest BCUT2D eigenvalue weighted by Crippen LogP contribution is -2.32. The van der Waals surface area contributed by atoms with E-state index in [0.717, 1.165) is 0 Å². The number of benzene rings is 2. The van der Waals surface area contributed by atoms with Crippen LogP contribution in [0.5, 0.6) is 0 Å². The highest BCUT2D eigenvalue weighted by Crippen LogP contribution is 2.37. The maximum absolute atomic E-state index is 13.7. The van der Waals surface area contributed by atoms with Gasteiger partial charge in [-0.15, -0.1) is 0 Å². The number of anilines is 2. The molecule has 4 aromatic rings. The molecule has 0 aliphatic carbocycles. The lowest BCUT2D eigenvalue weighted by molar-refractivity contribution is 0.193. The number of hydrogen-bond donors (Lipinski definition) is 2. The van der Waals surface area contributed by atoms with Gasteiger partial charge in [-0.3, -0.25) is 9.36 Å². The van der Waals surface area contributed by atoms with Gasteiger partial charge in [0.1, 0.15) is 29.6 Å². The van der Waals surface area contributed by atoms with Crippen LogP contribution in [0.15, 0.2) is 59.7 Å². The average molecular weight is 460 g/mol. The number of aromatic nitrogens is 4. The van der Waals surface area contributed by atoms with E-state index in [2.05, 4.69) is 9.97 Å². The topological polar surface area (TPSA) is 134 Å². The first-order chi connectivity index (χ1) is 16.0. The van der Waals surface area contributed by atoms with Crippen LogP contribution >= 0.6 is 11.6 Å². The van der Waals surface area contributed by atoms with Crippen LogP contribution in [0.1, 0.15) is 23.9 Å². The first-order valence-electron chi connectivity index (χ1n) is 10.2. The molecule has 0 unspecified atom stereocenters. The second-order valence-corrected chi connectivity index (χ2v) is 8.11. The molecule has 10 heteroatoms. The zero-order valence-electron chi connectivity index (χ0n) is 17.3. The van der Waals surface area contributed by atoms with Crippen molar-refractivity contribution in [3.8, 4) is 11.8 Å². The lowest BCUT2D eigenvalue weighted by Gasteiger charge is -2.28. The van der Waals surface area contributed by atoms with Gasteiger partial charge in [0.05, 0.1) is 33.8 Å². The van der Waals surface area contributed by atoms with Crippen LogP contribution in [-0.2, 0) is 0 Å². The summed E-state index contributed by atoms with van der Waals surface area (Å²) in [5.41, 5.74) is 6.74. The van der Waals surface area contributed by atoms with E-state index in [0.29, 0.717) is 27.4 Å². The first kappa shape index (κ1) is 20.9.